The lowest BCUT2D eigenvalue weighted by molar-refractivity contribution is 0.275. The number of hydrogen-bond acceptors (Lipinski definition) is 4. The Morgan fingerprint density at radius 1 is 0.368 bits per heavy atom. The molecule has 0 amide bonds. The molecule has 8 heteroatoms. The molecule has 0 fully saturated rings. The number of hydrogen-bond donors (Lipinski definition) is 6. The highest BCUT2D eigenvalue weighted by atomic mass is 31.2. The average Bonchev–Trinajstić information content (AvgIpc) is 2.88. The molecule has 0 saturated heterocycles. The summed E-state index contributed by atoms with van der Waals surface area (Å²) in [6, 6.07) is 39.9. The van der Waals surface area contributed by atoms with Gasteiger partial charge in [0.15, 0.2) is 0 Å². The van der Waals surface area contributed by atoms with Crippen molar-refractivity contribution < 1.29 is 34.6 Å². The molecule has 0 unspecified atom stereocenters. The van der Waals surface area contributed by atoms with Crippen molar-refractivity contribution in [1.82, 2.24) is 0 Å². The molecular formula is C30H27O7P. The molecule has 0 spiro atoms. The fourth-order valence-electron chi connectivity index (χ4n) is 3.53. The van der Waals surface area contributed by atoms with Crippen LogP contribution in [-0.2, 0) is 4.57 Å². The summed E-state index contributed by atoms with van der Waals surface area (Å²) in [4.78, 5) is 21.6. The van der Waals surface area contributed by atoms with Crippen LogP contribution in [-0.4, -0.2) is 30.0 Å². The summed E-state index contributed by atoms with van der Waals surface area (Å²) in [7, 11) is -4.64. The number of phenolic OH excluding ortho intramolecular Hbond substituents is 3. The number of phenols is 3. The average molecular weight is 531 g/mol. The van der Waals surface area contributed by atoms with Gasteiger partial charge in [-0.25, -0.2) is 4.57 Å². The van der Waals surface area contributed by atoms with Gasteiger partial charge in [-0.3, -0.25) is 0 Å². The van der Waals surface area contributed by atoms with E-state index in [2.05, 4.69) is 0 Å². The molecule has 7 nitrogen and oxygen atoms in total. The molecular weight excluding hydrogens is 503 g/mol. The Balaban J connectivity index is 0.000000145. The minimum Gasteiger partial charge on any atom is -0.508 e. The summed E-state index contributed by atoms with van der Waals surface area (Å²) in [5.74, 6) is 0.969. The van der Waals surface area contributed by atoms with Crippen LogP contribution in [0.4, 0.5) is 0 Å². The van der Waals surface area contributed by atoms with Crippen LogP contribution in [0.15, 0.2) is 127 Å². The van der Waals surface area contributed by atoms with E-state index in [0.717, 1.165) is 32.3 Å². The molecule has 6 N–H and O–H groups in total. The highest BCUT2D eigenvalue weighted by Gasteiger charge is 2.00. The summed E-state index contributed by atoms with van der Waals surface area (Å²) < 4.78 is 8.88. The van der Waals surface area contributed by atoms with Gasteiger partial charge in [0.1, 0.15) is 17.2 Å². The Morgan fingerprint density at radius 2 is 0.579 bits per heavy atom. The SMILES string of the molecule is O=P(O)(O)O.Oc1ccc2ccccc2c1.Oc1ccc2ccccc2c1.Oc1ccc2ccccc2c1. The van der Waals surface area contributed by atoms with Gasteiger partial charge in [0.25, 0.3) is 0 Å². The molecule has 0 radical (unpaired) electrons. The van der Waals surface area contributed by atoms with Crippen molar-refractivity contribution in [3.05, 3.63) is 127 Å². The second kappa shape index (κ2) is 13.2. The van der Waals surface area contributed by atoms with Crippen LogP contribution in [0.5, 0.6) is 17.2 Å². The molecule has 0 heterocycles. The van der Waals surface area contributed by atoms with Gasteiger partial charge >= 0.3 is 7.82 Å². The fraction of sp³-hybridized carbons (Fsp3) is 0. The van der Waals surface area contributed by atoms with Crippen LogP contribution in [0.3, 0.4) is 0 Å². The normalized spacial score (nSPS) is 10.4. The van der Waals surface area contributed by atoms with Gasteiger partial charge in [0.05, 0.1) is 0 Å². The quantitative estimate of drug-likeness (QED) is 0.120. The van der Waals surface area contributed by atoms with Crippen molar-refractivity contribution in [2.75, 3.05) is 0 Å². The first-order valence-corrected chi connectivity index (χ1v) is 13.0. The van der Waals surface area contributed by atoms with Crippen LogP contribution in [0.2, 0.25) is 0 Å². The molecule has 0 aliphatic carbocycles. The summed E-state index contributed by atoms with van der Waals surface area (Å²) >= 11 is 0. The molecule has 0 aromatic heterocycles. The molecule has 0 bridgehead atoms. The minimum atomic E-state index is -4.64. The lowest BCUT2D eigenvalue weighted by atomic mass is 10.1. The van der Waals surface area contributed by atoms with Crippen molar-refractivity contribution in [3.63, 3.8) is 0 Å². The number of rotatable bonds is 0. The van der Waals surface area contributed by atoms with Crippen molar-refractivity contribution in [3.8, 4) is 17.2 Å². The van der Waals surface area contributed by atoms with E-state index in [1.807, 2.05) is 91.0 Å². The van der Waals surface area contributed by atoms with Gasteiger partial charge in [0, 0.05) is 0 Å². The molecule has 0 aliphatic rings. The second-order valence-electron chi connectivity index (χ2n) is 8.11. The van der Waals surface area contributed by atoms with Crippen LogP contribution in [0, 0.1) is 0 Å². The zero-order chi connectivity index (χ0) is 27.5. The smallest absolute Gasteiger partial charge is 0.466 e. The van der Waals surface area contributed by atoms with Crippen molar-refractivity contribution in [2.24, 2.45) is 0 Å². The Kier molecular flexibility index (Phi) is 9.82. The Bertz CT molecular complexity index is 1490. The van der Waals surface area contributed by atoms with E-state index in [0.29, 0.717) is 17.2 Å². The van der Waals surface area contributed by atoms with E-state index >= 15 is 0 Å². The number of aromatic hydroxyl groups is 3. The van der Waals surface area contributed by atoms with Crippen molar-refractivity contribution in [1.29, 1.82) is 0 Å². The zero-order valence-corrected chi connectivity index (χ0v) is 21.1. The summed E-state index contributed by atoms with van der Waals surface area (Å²) in [5.41, 5.74) is 0. The monoisotopic (exact) mass is 530 g/mol. The van der Waals surface area contributed by atoms with Gasteiger partial charge in [-0.1, -0.05) is 91.0 Å². The Morgan fingerprint density at radius 3 is 0.816 bits per heavy atom. The first kappa shape index (κ1) is 28.2. The molecule has 6 aromatic rings. The summed E-state index contributed by atoms with van der Waals surface area (Å²) in [6.07, 6.45) is 0. The third kappa shape index (κ3) is 9.58. The lowest BCUT2D eigenvalue weighted by Crippen LogP contribution is -1.69. The van der Waals surface area contributed by atoms with Gasteiger partial charge in [-0.2, -0.15) is 0 Å². The first-order valence-electron chi connectivity index (χ1n) is 11.4. The number of benzene rings is 6. The standard InChI is InChI=1S/3C10H8O.H3O4P/c3*11-10-6-5-8-3-1-2-4-9(8)7-10;1-5(2,3)4/h3*1-7,11H;(H3,1,2,3,4). The Labute approximate surface area is 219 Å². The van der Waals surface area contributed by atoms with Crippen LogP contribution >= 0.6 is 7.82 Å². The Hall–Kier alpha value is -4.39. The highest BCUT2D eigenvalue weighted by Crippen LogP contribution is 2.26. The van der Waals surface area contributed by atoms with Gasteiger partial charge in [0.2, 0.25) is 0 Å². The van der Waals surface area contributed by atoms with Crippen LogP contribution in [0.25, 0.3) is 32.3 Å². The lowest BCUT2D eigenvalue weighted by Gasteiger charge is -1.96. The summed E-state index contributed by atoms with van der Waals surface area (Å²) in [6.45, 7) is 0. The van der Waals surface area contributed by atoms with Crippen molar-refractivity contribution >= 4 is 40.1 Å². The molecule has 0 saturated carbocycles. The maximum atomic E-state index is 9.13. The molecule has 6 rings (SSSR count). The predicted octanol–water partition coefficient (Wildman–Crippen LogP) is 6.71. The van der Waals surface area contributed by atoms with Gasteiger partial charge in [-0.15, -0.1) is 0 Å². The molecule has 38 heavy (non-hydrogen) atoms. The maximum absolute atomic E-state index is 9.13. The zero-order valence-electron chi connectivity index (χ0n) is 20.2. The van der Waals surface area contributed by atoms with E-state index in [1.54, 1.807) is 36.4 Å². The highest BCUT2D eigenvalue weighted by molar-refractivity contribution is 7.45. The van der Waals surface area contributed by atoms with Gasteiger partial charge in [-0.05, 0) is 68.7 Å². The van der Waals surface area contributed by atoms with E-state index in [9.17, 15) is 0 Å². The molecule has 0 aliphatic heterocycles. The van der Waals surface area contributed by atoms with E-state index < -0.39 is 7.82 Å². The number of phosphoric acid groups is 1. The third-order valence-electron chi connectivity index (χ3n) is 5.20. The third-order valence-corrected chi connectivity index (χ3v) is 5.20. The van der Waals surface area contributed by atoms with Gasteiger partial charge < -0.3 is 30.0 Å². The second-order valence-corrected chi connectivity index (χ2v) is 9.13. The predicted molar refractivity (Wildman–Crippen MR) is 151 cm³/mol. The number of fused-ring (bicyclic) bond motifs is 3. The fourth-order valence-corrected chi connectivity index (χ4v) is 3.53. The van der Waals surface area contributed by atoms with E-state index in [-0.39, 0.29) is 0 Å². The van der Waals surface area contributed by atoms with Crippen LogP contribution < -0.4 is 0 Å². The largest absolute Gasteiger partial charge is 0.508 e. The topological polar surface area (TPSA) is 138 Å². The summed E-state index contributed by atoms with van der Waals surface area (Å²) in [5, 5.41) is 34.1. The van der Waals surface area contributed by atoms with Crippen molar-refractivity contribution in [2.45, 2.75) is 0 Å². The maximum Gasteiger partial charge on any atom is 0.466 e. The minimum absolute atomic E-state index is 0.323. The van der Waals surface area contributed by atoms with E-state index in [4.69, 9.17) is 34.6 Å². The molecule has 194 valence electrons. The van der Waals surface area contributed by atoms with E-state index in [1.165, 1.54) is 0 Å². The first-order chi connectivity index (χ1) is 18.1. The molecule has 0 atom stereocenters. The van der Waals surface area contributed by atoms with Crippen LogP contribution in [0.1, 0.15) is 0 Å². The molecule has 6 aromatic carbocycles.